The quantitative estimate of drug-likeness (QED) is 0.246. The van der Waals surface area contributed by atoms with Crippen LogP contribution < -0.4 is 10.1 Å². The first kappa shape index (κ1) is 30.6. The SMILES string of the molecule is CCOC(=O)C[C@H](NC(=O)c1cn(Cc2cc3cccnc3nc2C)nc1COC(C)(C)C)c1ccc(OC)c(F)c1. The van der Waals surface area contributed by atoms with Gasteiger partial charge in [0.2, 0.25) is 0 Å². The molecule has 4 rings (SSSR count). The number of carbonyl (C=O) groups excluding carboxylic acids is 2. The number of aryl methyl sites for hydroxylation is 1. The second-order valence-corrected chi connectivity index (χ2v) is 10.8. The summed E-state index contributed by atoms with van der Waals surface area (Å²) in [5.41, 5.74) is 2.98. The van der Waals surface area contributed by atoms with Crippen molar-refractivity contribution in [2.24, 2.45) is 0 Å². The summed E-state index contributed by atoms with van der Waals surface area (Å²) in [4.78, 5) is 35.1. The van der Waals surface area contributed by atoms with Gasteiger partial charge in [0.15, 0.2) is 17.2 Å². The number of methoxy groups -OCH3 is 1. The van der Waals surface area contributed by atoms with Crippen molar-refractivity contribution in [2.45, 2.75) is 65.8 Å². The zero-order valence-corrected chi connectivity index (χ0v) is 24.7. The van der Waals surface area contributed by atoms with Crippen LogP contribution in [0.25, 0.3) is 11.0 Å². The van der Waals surface area contributed by atoms with Crippen LogP contribution in [0.5, 0.6) is 5.75 Å². The molecule has 0 aliphatic heterocycles. The monoisotopic (exact) mass is 577 g/mol. The molecule has 11 heteroatoms. The van der Waals surface area contributed by atoms with Crippen molar-refractivity contribution in [3.63, 3.8) is 0 Å². The van der Waals surface area contributed by atoms with Gasteiger partial charge in [-0.3, -0.25) is 14.3 Å². The Morgan fingerprint density at radius 3 is 2.64 bits per heavy atom. The van der Waals surface area contributed by atoms with E-state index in [0.717, 1.165) is 16.6 Å². The van der Waals surface area contributed by atoms with Gasteiger partial charge in [0, 0.05) is 23.5 Å². The fourth-order valence-corrected chi connectivity index (χ4v) is 4.37. The number of aromatic nitrogens is 4. The van der Waals surface area contributed by atoms with Gasteiger partial charge in [-0.2, -0.15) is 5.10 Å². The Morgan fingerprint density at radius 1 is 1.17 bits per heavy atom. The number of pyridine rings is 2. The van der Waals surface area contributed by atoms with Gasteiger partial charge in [0.25, 0.3) is 5.91 Å². The number of carbonyl (C=O) groups is 2. The summed E-state index contributed by atoms with van der Waals surface area (Å²) >= 11 is 0. The maximum Gasteiger partial charge on any atom is 0.308 e. The fourth-order valence-electron chi connectivity index (χ4n) is 4.37. The molecule has 1 aromatic carbocycles. The molecule has 0 saturated heterocycles. The molecular weight excluding hydrogens is 541 g/mol. The molecule has 3 aromatic heterocycles. The number of ether oxygens (including phenoxy) is 3. The number of fused-ring (bicyclic) bond motifs is 1. The van der Waals surface area contributed by atoms with Gasteiger partial charge in [-0.1, -0.05) is 6.07 Å². The van der Waals surface area contributed by atoms with Crippen LogP contribution in [0.4, 0.5) is 4.39 Å². The highest BCUT2D eigenvalue weighted by Crippen LogP contribution is 2.25. The van der Waals surface area contributed by atoms with E-state index in [1.165, 1.54) is 19.2 Å². The Hall–Kier alpha value is -4.38. The number of hydrogen-bond donors (Lipinski definition) is 1. The Labute approximate surface area is 244 Å². The van der Waals surface area contributed by atoms with Gasteiger partial charge in [-0.15, -0.1) is 0 Å². The second kappa shape index (κ2) is 13.1. The molecule has 0 unspecified atom stereocenters. The molecule has 0 saturated carbocycles. The van der Waals surface area contributed by atoms with E-state index < -0.39 is 29.3 Å². The molecular formula is C31H36FN5O5. The number of nitrogens with one attached hydrogen (secondary N) is 1. The Bertz CT molecular complexity index is 1580. The summed E-state index contributed by atoms with van der Waals surface area (Å²) in [6.07, 6.45) is 3.15. The predicted octanol–water partition coefficient (Wildman–Crippen LogP) is 5.07. The van der Waals surface area contributed by atoms with E-state index in [0.29, 0.717) is 23.4 Å². The first-order chi connectivity index (χ1) is 20.0. The highest BCUT2D eigenvalue weighted by molar-refractivity contribution is 5.95. The summed E-state index contributed by atoms with van der Waals surface area (Å²) in [6, 6.07) is 9.22. The van der Waals surface area contributed by atoms with Crippen molar-refractivity contribution in [3.8, 4) is 5.75 Å². The van der Waals surface area contributed by atoms with Crippen LogP contribution in [-0.4, -0.2) is 50.9 Å². The van der Waals surface area contributed by atoms with E-state index >= 15 is 0 Å². The zero-order chi connectivity index (χ0) is 30.4. The van der Waals surface area contributed by atoms with E-state index in [9.17, 15) is 14.0 Å². The molecule has 1 amide bonds. The van der Waals surface area contributed by atoms with Crippen molar-refractivity contribution in [1.82, 2.24) is 25.1 Å². The molecule has 10 nitrogen and oxygen atoms in total. The number of halogens is 1. The third kappa shape index (κ3) is 7.67. The normalized spacial score (nSPS) is 12.3. The van der Waals surface area contributed by atoms with Crippen LogP contribution >= 0.6 is 0 Å². The molecule has 0 aliphatic carbocycles. The number of esters is 1. The summed E-state index contributed by atoms with van der Waals surface area (Å²) in [5.74, 6) is -1.58. The first-order valence-electron chi connectivity index (χ1n) is 13.7. The fraction of sp³-hybridized carbons (Fsp3) is 0.387. The van der Waals surface area contributed by atoms with Crippen LogP contribution in [0.1, 0.15) is 73.0 Å². The lowest BCUT2D eigenvalue weighted by molar-refractivity contribution is -0.143. The van der Waals surface area contributed by atoms with Crippen molar-refractivity contribution in [3.05, 3.63) is 82.7 Å². The minimum atomic E-state index is -0.865. The zero-order valence-electron chi connectivity index (χ0n) is 24.7. The van der Waals surface area contributed by atoms with Gasteiger partial charge in [0.1, 0.15) is 5.69 Å². The molecule has 42 heavy (non-hydrogen) atoms. The topological polar surface area (TPSA) is 117 Å². The molecule has 222 valence electrons. The molecule has 4 aromatic rings. The molecule has 3 heterocycles. The molecule has 1 atom stereocenters. The number of nitrogens with zero attached hydrogens (tertiary/aromatic N) is 4. The van der Waals surface area contributed by atoms with Gasteiger partial charge >= 0.3 is 5.97 Å². The van der Waals surface area contributed by atoms with Crippen LogP contribution in [0.2, 0.25) is 0 Å². The first-order valence-corrected chi connectivity index (χ1v) is 13.7. The minimum absolute atomic E-state index is 0.0529. The number of rotatable bonds is 11. The Morgan fingerprint density at radius 2 is 1.95 bits per heavy atom. The highest BCUT2D eigenvalue weighted by atomic mass is 19.1. The average molecular weight is 578 g/mol. The lowest BCUT2D eigenvalue weighted by atomic mass is 10.0. The van der Waals surface area contributed by atoms with Crippen molar-refractivity contribution < 1.29 is 28.2 Å². The minimum Gasteiger partial charge on any atom is -0.494 e. The highest BCUT2D eigenvalue weighted by Gasteiger charge is 2.25. The van der Waals surface area contributed by atoms with E-state index in [1.807, 2.05) is 45.9 Å². The average Bonchev–Trinajstić information content (AvgIpc) is 3.34. The molecule has 0 bridgehead atoms. The van der Waals surface area contributed by atoms with Crippen LogP contribution in [0.15, 0.2) is 48.8 Å². The summed E-state index contributed by atoms with van der Waals surface area (Å²) in [6.45, 7) is 9.94. The second-order valence-electron chi connectivity index (χ2n) is 10.8. The molecule has 1 N–H and O–H groups in total. The molecule has 0 radical (unpaired) electrons. The van der Waals surface area contributed by atoms with E-state index in [4.69, 9.17) is 14.2 Å². The maximum absolute atomic E-state index is 14.6. The van der Waals surface area contributed by atoms with Gasteiger partial charge in [0.05, 0.1) is 50.5 Å². The number of amides is 1. The van der Waals surface area contributed by atoms with Gasteiger partial charge in [-0.25, -0.2) is 14.4 Å². The predicted molar refractivity (Wildman–Crippen MR) is 155 cm³/mol. The Balaban J connectivity index is 1.66. The summed E-state index contributed by atoms with van der Waals surface area (Å²) < 4.78 is 32.3. The lowest BCUT2D eigenvalue weighted by Gasteiger charge is -2.20. The third-order valence-corrected chi connectivity index (χ3v) is 6.50. The maximum atomic E-state index is 14.6. The van der Waals surface area contributed by atoms with Gasteiger partial charge in [-0.05, 0) is 76.1 Å². The smallest absolute Gasteiger partial charge is 0.308 e. The molecule has 0 fully saturated rings. The van der Waals surface area contributed by atoms with Crippen molar-refractivity contribution >= 4 is 22.9 Å². The summed E-state index contributed by atoms with van der Waals surface area (Å²) in [5, 5.41) is 8.45. The van der Waals surface area contributed by atoms with E-state index in [2.05, 4.69) is 20.4 Å². The standard InChI is InChI=1S/C31H36FN5O5/c1-7-41-28(38)15-25(20-10-11-27(40-6)24(32)14-20)35-30(39)23-17-37(36-26(23)18-42-31(3,4)5)16-22-13-21-9-8-12-33-29(21)34-19(22)2/h8-14,17,25H,7,15-16,18H2,1-6H3,(H,35,39)/t25-/m0/s1. The van der Waals surface area contributed by atoms with Crippen LogP contribution in [0.3, 0.4) is 0 Å². The van der Waals surface area contributed by atoms with Gasteiger partial charge < -0.3 is 19.5 Å². The molecule has 0 aliphatic rings. The third-order valence-electron chi connectivity index (χ3n) is 6.50. The van der Waals surface area contributed by atoms with Crippen molar-refractivity contribution in [2.75, 3.05) is 13.7 Å². The summed E-state index contributed by atoms with van der Waals surface area (Å²) in [7, 11) is 1.36. The lowest BCUT2D eigenvalue weighted by Crippen LogP contribution is -2.31. The van der Waals surface area contributed by atoms with Crippen LogP contribution in [0, 0.1) is 12.7 Å². The van der Waals surface area contributed by atoms with Crippen LogP contribution in [-0.2, 0) is 27.4 Å². The van der Waals surface area contributed by atoms with E-state index in [1.54, 1.807) is 30.1 Å². The number of hydrogen-bond acceptors (Lipinski definition) is 8. The Kier molecular flexibility index (Phi) is 9.52. The largest absolute Gasteiger partial charge is 0.494 e. The number of benzene rings is 1. The molecule has 0 spiro atoms. The van der Waals surface area contributed by atoms with Crippen molar-refractivity contribution in [1.29, 1.82) is 0 Å². The van der Waals surface area contributed by atoms with E-state index in [-0.39, 0.29) is 30.9 Å².